The maximum absolute atomic E-state index is 14.1. The summed E-state index contributed by atoms with van der Waals surface area (Å²) in [5.41, 5.74) is 10.5. The summed E-state index contributed by atoms with van der Waals surface area (Å²) < 4.78 is 4.69. The van der Waals surface area contributed by atoms with Crippen LogP contribution in [0.4, 0.5) is 0 Å². The molecule has 1 aliphatic heterocycles. The molecule has 0 amide bonds. The molecular weight excluding hydrogens is 603 g/mol. The third-order valence-electron chi connectivity index (χ3n) is 10.3. The van der Waals surface area contributed by atoms with Gasteiger partial charge in [-0.3, -0.25) is 14.9 Å². The molecule has 1 aromatic heterocycles. The van der Waals surface area contributed by atoms with Crippen LogP contribution in [-0.4, -0.2) is 15.9 Å². The van der Waals surface area contributed by atoms with Gasteiger partial charge in [0.15, 0.2) is 0 Å². The molecule has 0 spiro atoms. The molecule has 5 rings (SSSR count). The lowest BCUT2D eigenvalue weighted by Gasteiger charge is -2.46. The highest BCUT2D eigenvalue weighted by Crippen LogP contribution is 2.51. The highest BCUT2D eigenvalue weighted by atomic mass is 16.1. The number of nitrogens with zero attached hydrogens (tertiary/aromatic N) is 4. The topological polar surface area (TPSA) is 63.7 Å². The first-order valence-electron chi connectivity index (χ1n) is 20.0. The van der Waals surface area contributed by atoms with Gasteiger partial charge in [0.05, 0.1) is 18.1 Å². The van der Waals surface area contributed by atoms with Crippen LogP contribution in [0.3, 0.4) is 0 Å². The molecule has 2 aliphatic rings. The minimum absolute atomic E-state index is 0.251. The van der Waals surface area contributed by atoms with Crippen LogP contribution in [0.5, 0.6) is 0 Å². The van der Waals surface area contributed by atoms with Crippen LogP contribution in [-0.2, 0) is 24.9 Å². The third kappa shape index (κ3) is 9.98. The van der Waals surface area contributed by atoms with Crippen LogP contribution in [0.2, 0.25) is 0 Å². The second kappa shape index (κ2) is 21.2. The molecule has 274 valence electrons. The molecule has 1 aliphatic carbocycles. The molecule has 6 heteroatoms. The Bertz CT molecular complexity index is 1440. The van der Waals surface area contributed by atoms with Crippen molar-refractivity contribution in [2.75, 3.05) is 6.54 Å². The molecule has 0 saturated heterocycles. The summed E-state index contributed by atoms with van der Waals surface area (Å²) in [7, 11) is 0. The molecule has 1 saturated carbocycles. The van der Waals surface area contributed by atoms with Crippen molar-refractivity contribution < 1.29 is 0 Å². The Labute approximate surface area is 300 Å². The lowest BCUT2D eigenvalue weighted by Crippen LogP contribution is -2.41. The fraction of sp³-hybridized carbons (Fsp3) is 0.651. The van der Waals surface area contributed by atoms with E-state index in [4.69, 9.17) is 0 Å². The Hall–Kier alpha value is -3.15. The largest absolute Gasteiger partial charge is 0.283 e. The van der Waals surface area contributed by atoms with E-state index in [1.54, 1.807) is 0 Å². The molecule has 6 nitrogen and oxygen atoms in total. The fourth-order valence-electron chi connectivity index (χ4n) is 7.89. The van der Waals surface area contributed by atoms with Crippen molar-refractivity contribution in [3.05, 3.63) is 81.3 Å². The maximum Gasteiger partial charge on any atom is 0.270 e. The minimum Gasteiger partial charge on any atom is -0.283 e. The molecule has 1 unspecified atom stereocenters. The van der Waals surface area contributed by atoms with E-state index in [-0.39, 0.29) is 11.1 Å². The van der Waals surface area contributed by atoms with Gasteiger partial charge >= 0.3 is 0 Å². The van der Waals surface area contributed by atoms with Crippen LogP contribution in [0.25, 0.3) is 11.1 Å². The summed E-state index contributed by atoms with van der Waals surface area (Å²) in [5.74, 6) is 0. The van der Waals surface area contributed by atoms with Crippen LogP contribution in [0, 0.1) is 5.41 Å². The molecule has 1 N–H and O–H groups in total. The van der Waals surface area contributed by atoms with Gasteiger partial charge in [-0.1, -0.05) is 135 Å². The first kappa shape index (κ1) is 42.0. The average Bonchev–Trinajstić information content (AvgIpc) is 3.43. The van der Waals surface area contributed by atoms with Gasteiger partial charge in [-0.25, -0.2) is 4.68 Å². The highest BCUT2D eigenvalue weighted by molar-refractivity contribution is 5.69. The van der Waals surface area contributed by atoms with E-state index in [0.717, 1.165) is 37.8 Å². The molecule has 2 heterocycles. The predicted molar refractivity (Wildman–Crippen MR) is 212 cm³/mol. The second-order valence-corrected chi connectivity index (χ2v) is 13.5. The molecule has 1 fully saturated rings. The van der Waals surface area contributed by atoms with Gasteiger partial charge in [-0.05, 0) is 93.4 Å². The smallest absolute Gasteiger partial charge is 0.270 e. The quantitative estimate of drug-likeness (QED) is 0.154. The van der Waals surface area contributed by atoms with Crippen molar-refractivity contribution >= 4 is 0 Å². The lowest BCUT2D eigenvalue weighted by atomic mass is 9.66. The second-order valence-electron chi connectivity index (χ2n) is 13.5. The van der Waals surface area contributed by atoms with E-state index in [1.807, 2.05) is 48.5 Å². The van der Waals surface area contributed by atoms with Gasteiger partial charge in [0.2, 0.25) is 0 Å². The van der Waals surface area contributed by atoms with E-state index in [9.17, 15) is 4.79 Å². The Morgan fingerprint density at radius 2 is 1.53 bits per heavy atom. The van der Waals surface area contributed by atoms with Crippen LogP contribution < -0.4 is 11.0 Å². The lowest BCUT2D eigenvalue weighted by molar-refractivity contribution is 0.0524. The first-order chi connectivity index (χ1) is 23.8. The van der Waals surface area contributed by atoms with Crippen molar-refractivity contribution in [2.24, 2.45) is 15.8 Å². The van der Waals surface area contributed by atoms with Gasteiger partial charge in [0.25, 0.3) is 5.56 Å². The predicted octanol–water partition coefficient (Wildman–Crippen LogP) is 12.2. The van der Waals surface area contributed by atoms with Gasteiger partial charge in [-0.15, -0.1) is 0 Å². The minimum atomic E-state index is -0.368. The summed E-state index contributed by atoms with van der Waals surface area (Å²) in [5, 5.41) is 8.30. The van der Waals surface area contributed by atoms with Gasteiger partial charge in [0.1, 0.15) is 0 Å². The average molecular weight is 674 g/mol. The Balaban J connectivity index is 0.00000132. The summed E-state index contributed by atoms with van der Waals surface area (Å²) in [6.07, 6.45) is 14.1. The first-order valence-corrected chi connectivity index (χ1v) is 20.0. The number of nitrogens with one attached hydrogen (secondary N) is 1. The van der Waals surface area contributed by atoms with E-state index in [2.05, 4.69) is 101 Å². The van der Waals surface area contributed by atoms with Crippen molar-refractivity contribution in [3.63, 3.8) is 0 Å². The number of benzene rings is 2. The van der Waals surface area contributed by atoms with Crippen LogP contribution >= 0.6 is 0 Å². The van der Waals surface area contributed by atoms with Crippen LogP contribution in [0.1, 0.15) is 169 Å². The van der Waals surface area contributed by atoms with Crippen molar-refractivity contribution in [3.8, 4) is 11.1 Å². The van der Waals surface area contributed by atoms with E-state index in [1.165, 1.54) is 72.9 Å². The molecule has 1 atom stereocenters. The van der Waals surface area contributed by atoms with E-state index >= 15 is 0 Å². The standard InChI is InChI=1S/C37H53N5O.3C2H6/c1-6-9-18-33-31(35(43)41-26-15-19-34(42(33)41)37(7-2)24-13-10-14-25-37)27-28-20-22-29(23-21-28)30-16-11-12-17-32(30)36(4,5)39-40-38-8-3;3*1-2/h11-12,16-17,20-23,34H,6-10,13-15,18-19,24-27H2,1-5H3,(H,38,39);3*1-2H3. The fourth-order valence-corrected chi connectivity index (χ4v) is 7.89. The van der Waals surface area contributed by atoms with Crippen molar-refractivity contribution in [2.45, 2.75) is 171 Å². The summed E-state index contributed by atoms with van der Waals surface area (Å²) in [6.45, 7) is 24.4. The van der Waals surface area contributed by atoms with Crippen molar-refractivity contribution in [1.29, 1.82) is 0 Å². The number of hydrogen-bond donors (Lipinski definition) is 1. The summed E-state index contributed by atoms with van der Waals surface area (Å²) in [6, 6.07) is 17.8. The molecule has 3 aromatic rings. The number of aromatic nitrogens is 2. The maximum atomic E-state index is 14.1. The number of fused-ring (bicyclic) bond motifs is 1. The molecule has 0 bridgehead atoms. The highest BCUT2D eigenvalue weighted by Gasteiger charge is 2.43. The van der Waals surface area contributed by atoms with Crippen molar-refractivity contribution in [1.82, 2.24) is 14.8 Å². The number of unbranched alkanes of at least 4 members (excludes halogenated alkanes) is 1. The summed E-state index contributed by atoms with van der Waals surface area (Å²) in [4.78, 5) is 14.1. The number of rotatable bonds is 12. The van der Waals surface area contributed by atoms with Gasteiger partial charge < -0.3 is 0 Å². The van der Waals surface area contributed by atoms with Crippen LogP contribution in [0.15, 0.2) is 63.7 Å². The molecular formula is C43H71N5O. The zero-order valence-electron chi connectivity index (χ0n) is 33.3. The molecule has 2 aromatic carbocycles. The Morgan fingerprint density at radius 3 is 2.14 bits per heavy atom. The Kier molecular flexibility index (Phi) is 18.1. The van der Waals surface area contributed by atoms with Gasteiger partial charge in [0, 0.05) is 24.2 Å². The molecule has 0 radical (unpaired) electrons. The normalized spacial score (nSPS) is 16.7. The van der Waals surface area contributed by atoms with Gasteiger partial charge in [-0.2, -0.15) is 5.11 Å². The number of hydrogen-bond acceptors (Lipinski definition) is 3. The summed E-state index contributed by atoms with van der Waals surface area (Å²) >= 11 is 0. The van der Waals surface area contributed by atoms with E-state index < -0.39 is 0 Å². The van der Waals surface area contributed by atoms with E-state index in [0.29, 0.717) is 24.4 Å². The Morgan fingerprint density at radius 1 is 0.878 bits per heavy atom. The third-order valence-corrected chi connectivity index (χ3v) is 10.3. The zero-order chi connectivity index (χ0) is 36.5. The molecule has 49 heavy (non-hydrogen) atoms. The monoisotopic (exact) mass is 674 g/mol. The SMILES string of the molecule is CC.CC.CC.CCCCc1c(Cc2ccc(-c3ccccc3C(C)(C)NN=NCC)cc2)c(=O)n2n1C(C1(CC)CCCCC1)CCC2. The zero-order valence-corrected chi connectivity index (χ0v) is 33.3.